The fraction of sp³-hybridized carbons (Fsp3) is 0.350. The van der Waals surface area contributed by atoms with E-state index in [4.69, 9.17) is 0 Å². The van der Waals surface area contributed by atoms with Crippen LogP contribution in [0.4, 0.5) is 11.5 Å². The molecule has 0 spiro atoms. The van der Waals surface area contributed by atoms with Gasteiger partial charge in [0.2, 0.25) is 11.8 Å². The van der Waals surface area contributed by atoms with E-state index in [0.29, 0.717) is 23.7 Å². The highest BCUT2D eigenvalue weighted by Crippen LogP contribution is 2.38. The predicted molar refractivity (Wildman–Crippen MR) is 115 cm³/mol. The summed E-state index contributed by atoms with van der Waals surface area (Å²) in [6, 6.07) is 9.39. The molecular formula is C20H22N4O4S2. The van der Waals surface area contributed by atoms with Gasteiger partial charge in [0.15, 0.2) is 5.25 Å². The topological polar surface area (TPSA) is 108 Å². The second-order valence-corrected chi connectivity index (χ2v) is 10.0. The van der Waals surface area contributed by atoms with Gasteiger partial charge < -0.3 is 10.2 Å². The highest BCUT2D eigenvalue weighted by atomic mass is 32.2. The zero-order valence-corrected chi connectivity index (χ0v) is 17.8. The Morgan fingerprint density at radius 1 is 1.13 bits per heavy atom. The van der Waals surface area contributed by atoms with Crippen LogP contribution in [0.1, 0.15) is 25.7 Å². The molecule has 0 radical (unpaired) electrons. The number of fused-ring (bicyclic) bond motifs is 1. The minimum Gasteiger partial charge on any atom is -0.341 e. The summed E-state index contributed by atoms with van der Waals surface area (Å²) in [6.07, 6.45) is 5.58. The Morgan fingerprint density at radius 2 is 1.90 bits per heavy atom. The van der Waals surface area contributed by atoms with Gasteiger partial charge in [-0.3, -0.25) is 14.3 Å². The van der Waals surface area contributed by atoms with E-state index in [-0.39, 0.29) is 16.6 Å². The van der Waals surface area contributed by atoms with Crippen molar-refractivity contribution in [3.8, 4) is 0 Å². The Balaban J connectivity index is 1.53. The number of carbonyl (C=O) groups is 2. The molecule has 1 aromatic heterocycles. The number of hydrogen-bond acceptors (Lipinski definition) is 6. The largest absolute Gasteiger partial charge is 0.341 e. The van der Waals surface area contributed by atoms with Crippen molar-refractivity contribution < 1.29 is 18.0 Å². The molecule has 0 aliphatic carbocycles. The van der Waals surface area contributed by atoms with E-state index in [1.54, 1.807) is 29.2 Å². The minimum absolute atomic E-state index is 0.00472. The average molecular weight is 447 g/mol. The van der Waals surface area contributed by atoms with Gasteiger partial charge in [0, 0.05) is 24.2 Å². The molecule has 4 rings (SSSR count). The molecule has 1 fully saturated rings. The Morgan fingerprint density at radius 3 is 2.60 bits per heavy atom. The van der Waals surface area contributed by atoms with E-state index in [9.17, 15) is 18.0 Å². The lowest BCUT2D eigenvalue weighted by atomic mass is 10.2. The Hall–Kier alpha value is -2.59. The number of sulfonamides is 1. The lowest BCUT2D eigenvalue weighted by Crippen LogP contribution is -2.45. The number of likely N-dealkylation sites (tertiary alicyclic amines) is 1. The van der Waals surface area contributed by atoms with Crippen molar-refractivity contribution in [3.05, 3.63) is 42.6 Å². The number of aromatic nitrogens is 1. The molecule has 1 atom stereocenters. The summed E-state index contributed by atoms with van der Waals surface area (Å²) in [7, 11) is -3.86. The lowest BCUT2D eigenvalue weighted by Gasteiger charge is -2.28. The first-order valence-corrected chi connectivity index (χ1v) is 12.1. The number of benzene rings is 1. The molecule has 2 aromatic rings. The quantitative estimate of drug-likeness (QED) is 0.699. The minimum atomic E-state index is -3.86. The highest BCUT2D eigenvalue weighted by molar-refractivity contribution is 8.01. The van der Waals surface area contributed by atoms with Gasteiger partial charge >= 0.3 is 0 Å². The summed E-state index contributed by atoms with van der Waals surface area (Å²) in [4.78, 5) is 31.9. The van der Waals surface area contributed by atoms with Crippen LogP contribution in [0, 0.1) is 0 Å². The van der Waals surface area contributed by atoms with Crippen molar-refractivity contribution in [1.82, 2.24) is 9.88 Å². The number of thioether (sulfide) groups is 1. The van der Waals surface area contributed by atoms with Crippen molar-refractivity contribution in [3.63, 3.8) is 0 Å². The third-order valence-corrected chi connectivity index (χ3v) is 7.66. The molecule has 0 unspecified atom stereocenters. The monoisotopic (exact) mass is 446 g/mol. The Kier molecular flexibility index (Phi) is 5.96. The summed E-state index contributed by atoms with van der Waals surface area (Å²) in [5, 5.41) is 1.85. The average Bonchev–Trinajstić information content (AvgIpc) is 3.02. The van der Waals surface area contributed by atoms with E-state index in [0.717, 1.165) is 25.7 Å². The Bertz CT molecular complexity index is 1050. The smallest absolute Gasteiger partial charge is 0.263 e. The second kappa shape index (κ2) is 8.65. The second-order valence-electron chi connectivity index (χ2n) is 7.21. The van der Waals surface area contributed by atoms with Gasteiger partial charge in [-0.2, -0.15) is 0 Å². The van der Waals surface area contributed by atoms with E-state index < -0.39 is 21.2 Å². The zero-order valence-electron chi connectivity index (χ0n) is 16.2. The van der Waals surface area contributed by atoms with E-state index >= 15 is 0 Å². The molecule has 2 N–H and O–H groups in total. The number of amides is 2. The molecule has 1 aromatic carbocycles. The van der Waals surface area contributed by atoms with Crippen LogP contribution in [0.5, 0.6) is 0 Å². The maximum absolute atomic E-state index is 12.9. The standard InChI is InChI=1S/C20H22N4O4S2/c25-19-18(20(26)24-11-5-1-2-6-12-24)29-16-9-8-14(13-15(16)22-19)30(27,28)23-17-7-3-4-10-21-17/h3-4,7-10,13,18H,1-2,5-6,11-12H2,(H,21,23)(H,22,25)/t18-/m1/s1. The molecule has 0 bridgehead atoms. The molecule has 2 aliphatic rings. The van der Waals surface area contributed by atoms with Crippen LogP contribution in [0.15, 0.2) is 52.4 Å². The number of pyridine rings is 1. The summed E-state index contributed by atoms with van der Waals surface area (Å²) >= 11 is 1.17. The predicted octanol–water partition coefficient (Wildman–Crippen LogP) is 2.70. The van der Waals surface area contributed by atoms with Crippen LogP contribution in [-0.4, -0.2) is 48.5 Å². The van der Waals surface area contributed by atoms with Crippen molar-refractivity contribution >= 4 is 45.1 Å². The number of anilines is 2. The first-order valence-electron chi connectivity index (χ1n) is 9.78. The first kappa shape index (κ1) is 20.7. The number of nitrogens with one attached hydrogen (secondary N) is 2. The van der Waals surface area contributed by atoms with Gasteiger partial charge in [-0.15, -0.1) is 11.8 Å². The fourth-order valence-corrected chi connectivity index (χ4v) is 5.58. The zero-order chi connectivity index (χ0) is 21.1. The third kappa shape index (κ3) is 4.44. The molecule has 158 valence electrons. The van der Waals surface area contributed by atoms with Gasteiger partial charge in [0.1, 0.15) is 5.82 Å². The van der Waals surface area contributed by atoms with Gasteiger partial charge in [0.05, 0.1) is 10.6 Å². The van der Waals surface area contributed by atoms with Crippen molar-refractivity contribution in [2.75, 3.05) is 23.1 Å². The van der Waals surface area contributed by atoms with Crippen LogP contribution in [0.25, 0.3) is 0 Å². The van der Waals surface area contributed by atoms with Crippen LogP contribution >= 0.6 is 11.8 Å². The fourth-order valence-electron chi connectivity index (χ4n) is 3.49. The number of rotatable bonds is 4. The summed E-state index contributed by atoms with van der Waals surface area (Å²) in [5.41, 5.74) is 0.383. The summed E-state index contributed by atoms with van der Waals surface area (Å²) in [6.45, 7) is 1.35. The molecule has 2 amide bonds. The molecule has 0 saturated carbocycles. The van der Waals surface area contributed by atoms with Crippen LogP contribution < -0.4 is 10.0 Å². The van der Waals surface area contributed by atoms with Gasteiger partial charge in [0.25, 0.3) is 10.0 Å². The summed E-state index contributed by atoms with van der Waals surface area (Å²) < 4.78 is 27.7. The van der Waals surface area contributed by atoms with Gasteiger partial charge in [-0.05, 0) is 43.2 Å². The maximum Gasteiger partial charge on any atom is 0.263 e. The molecule has 8 nitrogen and oxygen atoms in total. The normalized spacial score (nSPS) is 19.4. The molecule has 30 heavy (non-hydrogen) atoms. The molecule has 10 heteroatoms. The Labute approximate surface area is 179 Å². The van der Waals surface area contributed by atoms with Crippen molar-refractivity contribution in [2.45, 2.75) is 40.7 Å². The third-order valence-electron chi connectivity index (χ3n) is 5.05. The maximum atomic E-state index is 12.9. The van der Waals surface area contributed by atoms with Gasteiger partial charge in [-0.25, -0.2) is 13.4 Å². The van der Waals surface area contributed by atoms with Crippen molar-refractivity contribution in [2.24, 2.45) is 0 Å². The molecule has 2 aliphatic heterocycles. The van der Waals surface area contributed by atoms with Crippen LogP contribution in [-0.2, 0) is 19.6 Å². The van der Waals surface area contributed by atoms with E-state index in [1.165, 1.54) is 30.1 Å². The van der Waals surface area contributed by atoms with Crippen LogP contribution in [0.3, 0.4) is 0 Å². The van der Waals surface area contributed by atoms with E-state index in [2.05, 4.69) is 15.0 Å². The molecule has 3 heterocycles. The van der Waals surface area contributed by atoms with E-state index in [1.807, 2.05) is 0 Å². The lowest BCUT2D eigenvalue weighted by molar-refractivity contribution is -0.133. The number of nitrogens with zero attached hydrogens (tertiary/aromatic N) is 2. The SMILES string of the molecule is O=C1Nc2cc(S(=O)(=O)Nc3ccccn3)ccc2S[C@H]1C(=O)N1CCCCCC1. The number of hydrogen-bond donors (Lipinski definition) is 2. The van der Waals surface area contributed by atoms with Crippen LogP contribution in [0.2, 0.25) is 0 Å². The van der Waals surface area contributed by atoms with Gasteiger partial charge in [-0.1, -0.05) is 18.9 Å². The van der Waals surface area contributed by atoms with Crippen molar-refractivity contribution in [1.29, 1.82) is 0 Å². The highest BCUT2D eigenvalue weighted by Gasteiger charge is 2.36. The first-order chi connectivity index (χ1) is 14.4. The number of carbonyl (C=O) groups excluding carboxylic acids is 2. The summed E-state index contributed by atoms with van der Waals surface area (Å²) in [5.74, 6) is -0.399. The molecular weight excluding hydrogens is 424 g/mol. The molecule has 1 saturated heterocycles.